The fourth-order valence-electron chi connectivity index (χ4n) is 6.00. The molecule has 3 aliphatic rings. The summed E-state index contributed by atoms with van der Waals surface area (Å²) >= 11 is 0. The van der Waals surface area contributed by atoms with Gasteiger partial charge in [-0.1, -0.05) is 20.8 Å². The van der Waals surface area contributed by atoms with Gasteiger partial charge in [0.25, 0.3) is 0 Å². The lowest BCUT2D eigenvalue weighted by molar-refractivity contribution is -0.338. The monoisotopic (exact) mass is 418 g/mol. The molecule has 0 aromatic carbocycles. The molecule has 29 heavy (non-hydrogen) atoms. The predicted molar refractivity (Wildman–Crippen MR) is 104 cm³/mol. The zero-order valence-corrected chi connectivity index (χ0v) is 17.8. The fourth-order valence-corrected chi connectivity index (χ4v) is 6.00. The van der Waals surface area contributed by atoms with Crippen LogP contribution < -0.4 is 0 Å². The average Bonchev–Trinajstić information content (AvgIpc) is 2.65. The Morgan fingerprint density at radius 1 is 1.00 bits per heavy atom. The Labute approximate surface area is 172 Å². The molecule has 8 heteroatoms. The third-order valence-electron chi connectivity index (χ3n) is 7.83. The van der Waals surface area contributed by atoms with Crippen LogP contribution in [-0.4, -0.2) is 85.8 Å². The highest BCUT2D eigenvalue weighted by molar-refractivity contribution is 5.09. The van der Waals surface area contributed by atoms with Gasteiger partial charge in [0.15, 0.2) is 6.29 Å². The van der Waals surface area contributed by atoms with Crippen molar-refractivity contribution in [1.82, 2.24) is 0 Å². The van der Waals surface area contributed by atoms with Crippen LogP contribution in [0.3, 0.4) is 0 Å². The summed E-state index contributed by atoms with van der Waals surface area (Å²) in [5.41, 5.74) is -1.62. The van der Waals surface area contributed by atoms with E-state index in [9.17, 15) is 30.6 Å². The van der Waals surface area contributed by atoms with Crippen molar-refractivity contribution in [1.29, 1.82) is 0 Å². The van der Waals surface area contributed by atoms with Gasteiger partial charge in [0.1, 0.15) is 24.4 Å². The van der Waals surface area contributed by atoms with E-state index in [1.165, 1.54) is 0 Å². The highest BCUT2D eigenvalue weighted by Gasteiger charge is 2.61. The summed E-state index contributed by atoms with van der Waals surface area (Å²) < 4.78 is 11.9. The second-order valence-electron chi connectivity index (χ2n) is 10.1. The fraction of sp³-hybridized carbons (Fsp3) is 1.00. The minimum atomic E-state index is -1.52. The Morgan fingerprint density at radius 2 is 1.66 bits per heavy atom. The van der Waals surface area contributed by atoms with Crippen LogP contribution in [0.15, 0.2) is 0 Å². The molecule has 1 saturated heterocycles. The van der Waals surface area contributed by atoms with Gasteiger partial charge in [0.2, 0.25) is 0 Å². The molecule has 3 rings (SSSR count). The van der Waals surface area contributed by atoms with Crippen molar-refractivity contribution in [3.63, 3.8) is 0 Å². The van der Waals surface area contributed by atoms with Crippen LogP contribution in [-0.2, 0) is 9.47 Å². The maximum Gasteiger partial charge on any atom is 0.186 e. The topological polar surface area (TPSA) is 140 Å². The van der Waals surface area contributed by atoms with Crippen molar-refractivity contribution in [2.24, 2.45) is 23.2 Å². The number of aliphatic hydroxyl groups is 6. The summed E-state index contributed by atoms with van der Waals surface area (Å²) in [6.07, 6.45) is -5.37. The molecule has 0 amide bonds. The van der Waals surface area contributed by atoms with E-state index < -0.39 is 66.5 Å². The zero-order chi connectivity index (χ0) is 21.7. The van der Waals surface area contributed by atoms with Crippen LogP contribution in [0, 0.1) is 23.2 Å². The summed E-state index contributed by atoms with van der Waals surface area (Å²) in [5, 5.41) is 62.2. The second kappa shape index (κ2) is 8.31. The summed E-state index contributed by atoms with van der Waals surface area (Å²) in [6.45, 7) is 7.38. The van der Waals surface area contributed by atoms with Crippen LogP contribution in [0.4, 0.5) is 0 Å². The first-order chi connectivity index (χ1) is 13.4. The van der Waals surface area contributed by atoms with Gasteiger partial charge < -0.3 is 40.1 Å². The Kier molecular flexibility index (Phi) is 6.69. The molecule has 0 radical (unpaired) electrons. The minimum absolute atomic E-state index is 0.0530. The van der Waals surface area contributed by atoms with E-state index in [1.807, 2.05) is 6.92 Å². The minimum Gasteiger partial charge on any atom is -0.394 e. The number of hydrogen-bond acceptors (Lipinski definition) is 8. The summed E-state index contributed by atoms with van der Waals surface area (Å²) in [7, 11) is 0. The van der Waals surface area contributed by atoms with Crippen molar-refractivity contribution in [3.8, 4) is 0 Å². The lowest BCUT2D eigenvalue weighted by atomic mass is 9.50. The van der Waals surface area contributed by atoms with E-state index in [0.717, 1.165) is 12.8 Å². The molecular formula is C21H38O8. The summed E-state index contributed by atoms with van der Waals surface area (Å²) in [6, 6.07) is 0. The average molecular weight is 419 g/mol. The molecule has 6 N–H and O–H groups in total. The molecule has 0 aromatic heterocycles. The van der Waals surface area contributed by atoms with E-state index >= 15 is 0 Å². The highest BCUT2D eigenvalue weighted by Crippen LogP contribution is 2.57. The molecule has 1 aliphatic heterocycles. The first kappa shape index (κ1) is 23.3. The van der Waals surface area contributed by atoms with Gasteiger partial charge in [-0.3, -0.25) is 0 Å². The van der Waals surface area contributed by atoms with Crippen LogP contribution in [0.1, 0.15) is 53.4 Å². The Morgan fingerprint density at radius 3 is 2.24 bits per heavy atom. The first-order valence-electron chi connectivity index (χ1n) is 10.8. The summed E-state index contributed by atoms with van der Waals surface area (Å²) in [5.74, 6) is -0.117. The molecule has 3 fully saturated rings. The number of rotatable bonds is 4. The van der Waals surface area contributed by atoms with Crippen LogP contribution in [0.5, 0.6) is 0 Å². The maximum atomic E-state index is 11.3. The molecule has 0 unspecified atom stereocenters. The van der Waals surface area contributed by atoms with E-state index in [1.54, 1.807) is 6.92 Å². The van der Waals surface area contributed by atoms with Gasteiger partial charge in [0.05, 0.1) is 24.4 Å². The highest BCUT2D eigenvalue weighted by atomic mass is 16.7. The molecule has 0 bridgehead atoms. The number of hydrogen-bond donors (Lipinski definition) is 6. The Hall–Kier alpha value is -0.320. The molecule has 8 nitrogen and oxygen atoms in total. The molecule has 2 saturated carbocycles. The largest absolute Gasteiger partial charge is 0.394 e. The van der Waals surface area contributed by atoms with Gasteiger partial charge in [-0.15, -0.1) is 0 Å². The van der Waals surface area contributed by atoms with E-state index in [0.29, 0.717) is 12.8 Å². The summed E-state index contributed by atoms with van der Waals surface area (Å²) in [4.78, 5) is 0. The Bertz CT molecular complexity index is 567. The molecule has 0 aromatic rings. The number of ether oxygens (including phenoxy) is 2. The lowest BCUT2D eigenvalue weighted by Crippen LogP contribution is -2.66. The molecule has 2 aliphatic carbocycles. The molecule has 0 spiro atoms. The van der Waals surface area contributed by atoms with Gasteiger partial charge >= 0.3 is 0 Å². The van der Waals surface area contributed by atoms with Gasteiger partial charge in [0, 0.05) is 11.3 Å². The number of aliphatic hydroxyl groups excluding tert-OH is 5. The Balaban J connectivity index is 1.94. The van der Waals surface area contributed by atoms with Crippen LogP contribution >= 0.6 is 0 Å². The maximum absolute atomic E-state index is 11.3. The zero-order valence-electron chi connectivity index (χ0n) is 17.8. The van der Waals surface area contributed by atoms with E-state index in [-0.39, 0.29) is 11.8 Å². The smallest absolute Gasteiger partial charge is 0.186 e. The first-order valence-corrected chi connectivity index (χ1v) is 10.8. The van der Waals surface area contributed by atoms with Crippen molar-refractivity contribution in [3.05, 3.63) is 0 Å². The quantitative estimate of drug-likeness (QED) is 0.368. The molecule has 1 heterocycles. The standard InChI is InChI=1S/C21H38O8/c1-10(2)11-5-7-20(3)13(23)6-8-21(4,27)18(20)17(11)29-19-16(26)15(25)14(24)12(9-22)28-19/h10-19,22-27H,5-9H2,1-4H3/t11-,12-,13+,14+,15-,16-,17+,18-,19-,20-,21-/m0/s1. The van der Waals surface area contributed by atoms with Crippen LogP contribution in [0.2, 0.25) is 0 Å². The molecule has 170 valence electrons. The third-order valence-corrected chi connectivity index (χ3v) is 7.83. The van der Waals surface area contributed by atoms with Crippen molar-refractivity contribution >= 4 is 0 Å². The van der Waals surface area contributed by atoms with Crippen molar-refractivity contribution in [2.45, 2.75) is 102 Å². The van der Waals surface area contributed by atoms with Gasteiger partial charge in [-0.25, -0.2) is 0 Å². The predicted octanol–water partition coefficient (Wildman–Crippen LogP) is -0.234. The van der Waals surface area contributed by atoms with Crippen LogP contribution in [0.25, 0.3) is 0 Å². The number of fused-ring (bicyclic) bond motifs is 1. The SMILES string of the molecule is CC(C)[C@@H]1CC[C@@]2(C)[C@H](O)CC[C@](C)(O)[C@H]2[C@@H]1O[C@@H]1O[C@@H](CO)[C@@H](O)[C@H](O)[C@@H]1O. The normalized spacial score (nSPS) is 53.7. The van der Waals surface area contributed by atoms with Crippen molar-refractivity contribution in [2.75, 3.05) is 6.61 Å². The van der Waals surface area contributed by atoms with Gasteiger partial charge in [-0.05, 0) is 44.4 Å². The van der Waals surface area contributed by atoms with Gasteiger partial charge in [-0.2, -0.15) is 0 Å². The molecule has 11 atom stereocenters. The van der Waals surface area contributed by atoms with Crippen molar-refractivity contribution < 1.29 is 40.1 Å². The third kappa shape index (κ3) is 3.99. The van der Waals surface area contributed by atoms with E-state index in [2.05, 4.69) is 13.8 Å². The molecular weight excluding hydrogens is 380 g/mol. The van der Waals surface area contributed by atoms with E-state index in [4.69, 9.17) is 9.47 Å². The second-order valence-corrected chi connectivity index (χ2v) is 10.1. The lowest BCUT2D eigenvalue weighted by Gasteiger charge is -2.60.